The van der Waals surface area contributed by atoms with Crippen LogP contribution in [0.3, 0.4) is 0 Å². The Morgan fingerprint density at radius 2 is 0.582 bits per heavy atom. The van der Waals surface area contributed by atoms with Crippen LogP contribution >= 0.6 is 0 Å². The molecule has 0 saturated carbocycles. The van der Waals surface area contributed by atoms with Crippen LogP contribution in [0, 0.1) is 0 Å². The van der Waals surface area contributed by atoms with Gasteiger partial charge in [-0.15, -0.1) is 0 Å². The van der Waals surface area contributed by atoms with Crippen LogP contribution in [0.1, 0.15) is 0 Å². The Labute approximate surface area is 320 Å². The molecule has 11 aromatic rings. The maximum atomic E-state index is 7.34. The van der Waals surface area contributed by atoms with Gasteiger partial charge in [-0.25, -0.2) is 0 Å². The van der Waals surface area contributed by atoms with E-state index in [0.29, 0.717) is 0 Å². The Morgan fingerprint density at radius 1 is 0.309 bits per heavy atom. The highest BCUT2D eigenvalue weighted by atomic mass is 28.3. The van der Waals surface area contributed by atoms with E-state index in [-0.39, 0.29) is 0 Å². The molecule has 0 N–H and O–H groups in total. The number of rotatable bonds is 8. The van der Waals surface area contributed by atoms with Gasteiger partial charge in [0.25, 0.3) is 0 Å². The van der Waals surface area contributed by atoms with Crippen molar-refractivity contribution in [2.75, 3.05) is 0 Å². The number of benzene rings is 7. The third-order valence-electron chi connectivity index (χ3n) is 11.6. The second kappa shape index (κ2) is 12.5. The zero-order chi connectivity index (χ0) is 36.4. The molecule has 5 heteroatoms. The minimum absolute atomic E-state index is 0.914. The van der Waals surface area contributed by atoms with Crippen LogP contribution in [0.4, 0.5) is 0 Å². The summed E-state index contributed by atoms with van der Waals surface area (Å²) in [5, 5.41) is 11.9. The molecule has 4 aromatic heterocycles. The summed E-state index contributed by atoms with van der Waals surface area (Å²) in [7, 11) is -5.80. The quantitative estimate of drug-likeness (QED) is 0.127. The standard InChI is InChI=1S/C50H35NO2Si2/c1-7-20-36(21-8-1)54(37-22-9-2-10-23-37,38-24-11-3-12-25-38)46-34-44-49(52-46)42-32-19-33-43-48(42)51(44)45-35-47(53-50(43)45)55(39-26-13-4-14-27-39,40-28-15-5-16-29-40)41-30-17-6-18-31-41/h1-35H. The summed E-state index contributed by atoms with van der Waals surface area (Å²) >= 11 is 0. The van der Waals surface area contributed by atoms with E-state index in [0.717, 1.165) is 49.3 Å². The Morgan fingerprint density at radius 3 is 0.855 bits per heavy atom. The predicted octanol–water partition coefficient (Wildman–Crippen LogP) is 6.78. The van der Waals surface area contributed by atoms with Gasteiger partial charge in [0.1, 0.15) is 10.8 Å². The van der Waals surface area contributed by atoms with Crippen molar-refractivity contribution >= 4 is 96.5 Å². The van der Waals surface area contributed by atoms with Crippen LogP contribution in [-0.2, 0) is 0 Å². The average Bonchev–Trinajstić information content (AvgIpc) is 4.03. The Bertz CT molecular complexity index is 2670. The highest BCUT2D eigenvalue weighted by Gasteiger charge is 2.47. The van der Waals surface area contributed by atoms with Crippen molar-refractivity contribution < 1.29 is 8.83 Å². The molecule has 0 fully saturated rings. The lowest BCUT2D eigenvalue weighted by Crippen LogP contribution is -2.74. The number of fused-ring (bicyclic) bond motifs is 6. The minimum atomic E-state index is -2.90. The molecule has 0 aliphatic carbocycles. The smallest absolute Gasteiger partial charge is 0.223 e. The Kier molecular flexibility index (Phi) is 7.21. The molecule has 11 rings (SSSR count). The molecule has 0 aliphatic rings. The minimum Gasteiger partial charge on any atom is -0.463 e. The van der Waals surface area contributed by atoms with E-state index in [1.165, 1.54) is 31.1 Å². The van der Waals surface area contributed by atoms with Crippen molar-refractivity contribution in [3.63, 3.8) is 0 Å². The average molecular weight is 738 g/mol. The zero-order valence-corrected chi connectivity index (χ0v) is 32.0. The number of para-hydroxylation sites is 1. The summed E-state index contributed by atoms with van der Waals surface area (Å²) in [5.74, 6) is 0. The third kappa shape index (κ3) is 4.48. The molecule has 4 heterocycles. The molecule has 260 valence electrons. The van der Waals surface area contributed by atoms with Crippen LogP contribution in [0.15, 0.2) is 221 Å². The van der Waals surface area contributed by atoms with E-state index in [4.69, 9.17) is 8.83 Å². The lowest BCUT2D eigenvalue weighted by atomic mass is 10.2. The molecule has 0 radical (unpaired) electrons. The zero-order valence-electron chi connectivity index (χ0n) is 30.0. The van der Waals surface area contributed by atoms with Crippen molar-refractivity contribution in [3.8, 4) is 0 Å². The normalized spacial score (nSPS) is 12.4. The van der Waals surface area contributed by atoms with Gasteiger partial charge in [-0.2, -0.15) is 0 Å². The fraction of sp³-hybridized carbons (Fsp3) is 0. The first-order valence-electron chi connectivity index (χ1n) is 18.9. The molecule has 3 nitrogen and oxygen atoms in total. The van der Waals surface area contributed by atoms with Crippen LogP contribution < -0.4 is 41.9 Å². The van der Waals surface area contributed by atoms with E-state index < -0.39 is 16.1 Å². The van der Waals surface area contributed by atoms with Gasteiger partial charge >= 0.3 is 0 Å². The lowest BCUT2D eigenvalue weighted by Gasteiger charge is -2.31. The van der Waals surface area contributed by atoms with Crippen LogP contribution in [0.5, 0.6) is 0 Å². The molecule has 0 amide bonds. The molecule has 0 spiro atoms. The first-order chi connectivity index (χ1) is 27.3. The summed E-state index contributed by atoms with van der Waals surface area (Å²) in [6.45, 7) is 0. The van der Waals surface area contributed by atoms with Crippen molar-refractivity contribution in [2.45, 2.75) is 0 Å². The molecule has 0 unspecified atom stereocenters. The SMILES string of the molecule is c1ccc([Si](c2ccccc2)(c2ccccc2)c2cc3c(o2)c2cccc4c5oc([Si](c6ccccc6)(c6ccccc6)c6ccccc6)cc5n3c24)cc1. The second-order valence-electron chi connectivity index (χ2n) is 14.4. The highest BCUT2D eigenvalue weighted by Crippen LogP contribution is 2.39. The van der Waals surface area contributed by atoms with Gasteiger partial charge in [-0.3, -0.25) is 0 Å². The van der Waals surface area contributed by atoms with E-state index in [1.54, 1.807) is 0 Å². The Balaban J connectivity index is 1.24. The molecule has 0 bridgehead atoms. The number of hydrogen-bond donors (Lipinski definition) is 0. The fourth-order valence-electron chi connectivity index (χ4n) is 9.35. The third-order valence-corrected chi connectivity index (χ3v) is 20.8. The molecular formula is C50H35NO2Si2. The number of furan rings is 2. The largest absolute Gasteiger partial charge is 0.463 e. The highest BCUT2D eigenvalue weighted by molar-refractivity contribution is 7.20. The van der Waals surface area contributed by atoms with E-state index in [1.807, 2.05) is 0 Å². The molecule has 55 heavy (non-hydrogen) atoms. The van der Waals surface area contributed by atoms with Crippen LogP contribution in [0.25, 0.3) is 38.5 Å². The summed E-state index contributed by atoms with van der Waals surface area (Å²) in [6, 6.07) is 77.1. The van der Waals surface area contributed by atoms with Crippen molar-refractivity contribution in [1.82, 2.24) is 4.40 Å². The van der Waals surface area contributed by atoms with Crippen molar-refractivity contribution in [2.24, 2.45) is 0 Å². The van der Waals surface area contributed by atoms with E-state index in [2.05, 4.69) is 217 Å². The van der Waals surface area contributed by atoms with Gasteiger partial charge in [0.05, 0.1) is 16.6 Å². The van der Waals surface area contributed by atoms with Crippen molar-refractivity contribution in [3.05, 3.63) is 212 Å². The van der Waals surface area contributed by atoms with Gasteiger partial charge in [0, 0.05) is 22.9 Å². The first kappa shape index (κ1) is 31.8. The van der Waals surface area contributed by atoms with Crippen molar-refractivity contribution in [1.29, 1.82) is 0 Å². The number of aromatic nitrogens is 1. The van der Waals surface area contributed by atoms with Gasteiger partial charge in [0.15, 0.2) is 11.2 Å². The van der Waals surface area contributed by atoms with Crippen LogP contribution in [-0.4, -0.2) is 20.5 Å². The molecule has 0 atom stereocenters. The summed E-state index contributed by atoms with van der Waals surface area (Å²) in [5.41, 5.74) is 5.10. The topological polar surface area (TPSA) is 30.7 Å². The summed E-state index contributed by atoms with van der Waals surface area (Å²) < 4.78 is 17.1. The molecular weight excluding hydrogens is 703 g/mol. The predicted molar refractivity (Wildman–Crippen MR) is 233 cm³/mol. The monoisotopic (exact) mass is 737 g/mol. The summed E-state index contributed by atoms with van der Waals surface area (Å²) in [6.07, 6.45) is 0. The molecule has 7 aromatic carbocycles. The molecule has 0 saturated heterocycles. The van der Waals surface area contributed by atoms with E-state index in [9.17, 15) is 0 Å². The van der Waals surface area contributed by atoms with Crippen LogP contribution in [0.2, 0.25) is 0 Å². The second-order valence-corrected chi connectivity index (χ2v) is 21.8. The Hall–Kier alpha value is -6.67. The van der Waals surface area contributed by atoms with Gasteiger partial charge in [-0.1, -0.05) is 188 Å². The maximum absolute atomic E-state index is 7.34. The van der Waals surface area contributed by atoms with Gasteiger partial charge in [-0.05, 0) is 43.3 Å². The first-order valence-corrected chi connectivity index (χ1v) is 22.9. The number of hydrogen-bond acceptors (Lipinski definition) is 2. The summed E-state index contributed by atoms with van der Waals surface area (Å²) in [4.78, 5) is 0. The van der Waals surface area contributed by atoms with E-state index >= 15 is 0 Å². The fourth-order valence-corrected chi connectivity index (χ4v) is 18.4. The maximum Gasteiger partial charge on any atom is 0.223 e. The molecule has 0 aliphatic heterocycles. The van der Waals surface area contributed by atoms with Gasteiger partial charge < -0.3 is 13.2 Å². The van der Waals surface area contributed by atoms with Gasteiger partial charge in [0.2, 0.25) is 16.1 Å². The number of nitrogens with zero attached hydrogens (tertiary/aromatic N) is 1. The lowest BCUT2D eigenvalue weighted by molar-refractivity contribution is 0.653.